The molecule has 1 unspecified atom stereocenters. The molecule has 2 heteroatoms. The van der Waals surface area contributed by atoms with Crippen LogP contribution >= 0.6 is 0 Å². The topological polar surface area (TPSA) is 17.1 Å². The van der Waals surface area contributed by atoms with Gasteiger partial charge in [-0.05, 0) is 19.8 Å². The van der Waals surface area contributed by atoms with E-state index in [0.29, 0.717) is 0 Å². The van der Waals surface area contributed by atoms with Crippen LogP contribution in [0.2, 0.25) is 0 Å². The number of carbonyl (C=O) groups is 1. The number of Topliss-reactive ketones (excluding diaryl/α,β-unsaturated/α-hetero) is 1. The number of ketones is 1. The minimum Gasteiger partial charge on any atom is -0.295 e. The van der Waals surface area contributed by atoms with E-state index in [1.165, 1.54) is 6.92 Å². The Balaban J connectivity index is 2.77. The minimum atomic E-state index is -1.85. The Bertz CT molecular complexity index is 236. The standard InChI is InChI=1S/C10H13FO/c1-9(12)10(11)7-5-3-2-4-6-8-10/h2-5,7H2,1H3. The maximum absolute atomic E-state index is 13.6. The first-order valence-electron chi connectivity index (χ1n) is 4.35. The second-order valence-corrected chi connectivity index (χ2v) is 3.22. The van der Waals surface area contributed by atoms with Crippen molar-refractivity contribution in [1.82, 2.24) is 0 Å². The van der Waals surface area contributed by atoms with Gasteiger partial charge >= 0.3 is 0 Å². The lowest BCUT2D eigenvalue weighted by atomic mass is 9.92. The summed E-state index contributed by atoms with van der Waals surface area (Å²) in [5, 5.41) is 0. The van der Waals surface area contributed by atoms with Gasteiger partial charge in [0, 0.05) is 12.8 Å². The van der Waals surface area contributed by atoms with E-state index in [1.807, 2.05) is 0 Å². The van der Waals surface area contributed by atoms with Gasteiger partial charge in [0.25, 0.3) is 0 Å². The van der Waals surface area contributed by atoms with Crippen LogP contribution in [0.1, 0.15) is 39.0 Å². The molecule has 12 heavy (non-hydrogen) atoms. The lowest BCUT2D eigenvalue weighted by molar-refractivity contribution is -0.125. The molecule has 0 fully saturated rings. The van der Waals surface area contributed by atoms with Crippen molar-refractivity contribution < 1.29 is 9.18 Å². The monoisotopic (exact) mass is 168 g/mol. The summed E-state index contributed by atoms with van der Waals surface area (Å²) in [4.78, 5) is 10.9. The molecule has 0 spiro atoms. The fourth-order valence-corrected chi connectivity index (χ4v) is 1.29. The summed E-state index contributed by atoms with van der Waals surface area (Å²) in [7, 11) is 0. The highest BCUT2D eigenvalue weighted by molar-refractivity contribution is 5.88. The molecule has 1 atom stereocenters. The van der Waals surface area contributed by atoms with Crippen molar-refractivity contribution in [3.05, 3.63) is 0 Å². The first-order valence-corrected chi connectivity index (χ1v) is 4.35. The Morgan fingerprint density at radius 2 is 2.17 bits per heavy atom. The van der Waals surface area contributed by atoms with E-state index in [-0.39, 0.29) is 6.42 Å². The molecule has 1 aliphatic rings. The Morgan fingerprint density at radius 3 is 2.83 bits per heavy atom. The molecule has 1 rings (SSSR count). The van der Waals surface area contributed by atoms with Gasteiger partial charge in [0.2, 0.25) is 5.67 Å². The van der Waals surface area contributed by atoms with Crippen molar-refractivity contribution in [2.24, 2.45) is 0 Å². The van der Waals surface area contributed by atoms with E-state index in [4.69, 9.17) is 0 Å². The maximum atomic E-state index is 13.6. The van der Waals surface area contributed by atoms with E-state index in [0.717, 1.165) is 25.7 Å². The van der Waals surface area contributed by atoms with E-state index in [2.05, 4.69) is 11.8 Å². The third-order valence-electron chi connectivity index (χ3n) is 2.17. The van der Waals surface area contributed by atoms with Crippen LogP contribution in [0.15, 0.2) is 0 Å². The van der Waals surface area contributed by atoms with Crippen molar-refractivity contribution in [1.29, 1.82) is 0 Å². The van der Waals surface area contributed by atoms with Gasteiger partial charge in [-0.2, -0.15) is 0 Å². The minimum absolute atomic E-state index is 0.273. The molecule has 0 N–H and O–H groups in total. The van der Waals surface area contributed by atoms with Crippen LogP contribution in [-0.4, -0.2) is 11.5 Å². The Morgan fingerprint density at radius 1 is 1.42 bits per heavy atom. The van der Waals surface area contributed by atoms with E-state index in [1.54, 1.807) is 0 Å². The zero-order valence-corrected chi connectivity index (χ0v) is 7.32. The van der Waals surface area contributed by atoms with Crippen molar-refractivity contribution in [2.45, 2.75) is 44.7 Å². The molecule has 1 aliphatic carbocycles. The van der Waals surface area contributed by atoms with Gasteiger partial charge in [0.1, 0.15) is 0 Å². The van der Waals surface area contributed by atoms with Crippen LogP contribution in [0.4, 0.5) is 4.39 Å². The third kappa shape index (κ3) is 2.07. The average molecular weight is 168 g/mol. The highest BCUT2D eigenvalue weighted by Crippen LogP contribution is 2.22. The molecule has 0 saturated heterocycles. The highest BCUT2D eigenvalue weighted by Gasteiger charge is 2.32. The molecule has 0 aliphatic heterocycles. The molecular weight excluding hydrogens is 155 g/mol. The van der Waals surface area contributed by atoms with Gasteiger partial charge in [0.15, 0.2) is 5.78 Å². The van der Waals surface area contributed by atoms with Gasteiger partial charge in [-0.3, -0.25) is 4.79 Å². The summed E-state index contributed by atoms with van der Waals surface area (Å²) in [5.74, 6) is 4.70. The summed E-state index contributed by atoms with van der Waals surface area (Å²) in [6.07, 6.45) is 3.77. The molecule has 0 saturated carbocycles. The first kappa shape index (κ1) is 9.25. The maximum Gasteiger partial charge on any atom is 0.228 e. The van der Waals surface area contributed by atoms with Crippen LogP contribution in [0.5, 0.6) is 0 Å². The third-order valence-corrected chi connectivity index (χ3v) is 2.17. The first-order chi connectivity index (χ1) is 5.65. The number of hydrogen-bond acceptors (Lipinski definition) is 1. The van der Waals surface area contributed by atoms with Crippen molar-refractivity contribution in [2.75, 3.05) is 0 Å². The summed E-state index contributed by atoms with van der Waals surface area (Å²) in [6, 6.07) is 0. The van der Waals surface area contributed by atoms with Gasteiger partial charge in [0.05, 0.1) is 0 Å². The van der Waals surface area contributed by atoms with Gasteiger partial charge < -0.3 is 0 Å². The fourth-order valence-electron chi connectivity index (χ4n) is 1.29. The molecule has 0 amide bonds. The molecule has 0 aromatic rings. The van der Waals surface area contributed by atoms with Crippen molar-refractivity contribution in [3.63, 3.8) is 0 Å². The molecular formula is C10H13FO. The Labute approximate surface area is 72.3 Å². The largest absolute Gasteiger partial charge is 0.295 e. The number of carbonyl (C=O) groups excluding carboxylic acids is 1. The number of halogens is 1. The lowest BCUT2D eigenvalue weighted by Gasteiger charge is -2.16. The molecule has 66 valence electrons. The molecule has 0 bridgehead atoms. The highest BCUT2D eigenvalue weighted by atomic mass is 19.1. The van der Waals surface area contributed by atoms with Crippen LogP contribution < -0.4 is 0 Å². The van der Waals surface area contributed by atoms with E-state index >= 15 is 0 Å². The predicted molar refractivity (Wildman–Crippen MR) is 45.4 cm³/mol. The fraction of sp³-hybridized carbons (Fsp3) is 0.700. The second kappa shape index (κ2) is 3.71. The van der Waals surface area contributed by atoms with Gasteiger partial charge in [-0.1, -0.05) is 18.3 Å². The van der Waals surface area contributed by atoms with Crippen LogP contribution in [0, 0.1) is 11.8 Å². The van der Waals surface area contributed by atoms with E-state index < -0.39 is 11.5 Å². The normalized spacial score (nSPS) is 29.5. The predicted octanol–water partition coefficient (Wildman–Crippen LogP) is 2.25. The molecule has 0 aromatic carbocycles. The zero-order valence-electron chi connectivity index (χ0n) is 7.32. The SMILES string of the molecule is CC(=O)C1(F)C#CCCCCC1. The van der Waals surface area contributed by atoms with Crippen molar-refractivity contribution in [3.8, 4) is 11.8 Å². The van der Waals surface area contributed by atoms with Crippen LogP contribution in [-0.2, 0) is 4.79 Å². The lowest BCUT2D eigenvalue weighted by Crippen LogP contribution is -2.30. The van der Waals surface area contributed by atoms with Crippen LogP contribution in [0.25, 0.3) is 0 Å². The zero-order chi connectivity index (χ0) is 9.03. The second-order valence-electron chi connectivity index (χ2n) is 3.22. The Kier molecular flexibility index (Phi) is 2.86. The molecule has 0 radical (unpaired) electrons. The molecule has 0 aromatic heterocycles. The van der Waals surface area contributed by atoms with E-state index in [9.17, 15) is 9.18 Å². The number of alkyl halides is 1. The number of rotatable bonds is 1. The van der Waals surface area contributed by atoms with Crippen molar-refractivity contribution >= 4 is 5.78 Å². The van der Waals surface area contributed by atoms with Gasteiger partial charge in [-0.15, -0.1) is 0 Å². The summed E-state index contributed by atoms with van der Waals surface area (Å²) >= 11 is 0. The van der Waals surface area contributed by atoms with Gasteiger partial charge in [-0.25, -0.2) is 4.39 Å². The summed E-state index contributed by atoms with van der Waals surface area (Å²) in [5.41, 5.74) is -1.85. The quantitative estimate of drug-likeness (QED) is 0.549. The Hall–Kier alpha value is -0.840. The summed E-state index contributed by atoms with van der Waals surface area (Å²) < 4.78 is 13.6. The molecule has 0 heterocycles. The van der Waals surface area contributed by atoms with Crippen LogP contribution in [0.3, 0.4) is 0 Å². The molecule has 1 nitrogen and oxygen atoms in total. The number of hydrogen-bond donors (Lipinski definition) is 0. The smallest absolute Gasteiger partial charge is 0.228 e. The average Bonchev–Trinajstić information content (AvgIpc) is 1.97. The summed E-state index contributed by atoms with van der Waals surface area (Å²) in [6.45, 7) is 1.27.